The van der Waals surface area contributed by atoms with E-state index in [2.05, 4.69) is 25.5 Å². The monoisotopic (exact) mass is 251 g/mol. The van der Waals surface area contributed by atoms with E-state index in [0.29, 0.717) is 5.82 Å². The van der Waals surface area contributed by atoms with Crippen LogP contribution in [0.25, 0.3) is 0 Å². The molecule has 2 N–H and O–H groups in total. The van der Waals surface area contributed by atoms with E-state index in [9.17, 15) is 4.79 Å². The second-order valence-electron chi connectivity index (χ2n) is 3.30. The van der Waals surface area contributed by atoms with Gasteiger partial charge in [0.25, 0.3) is 5.91 Å². The highest BCUT2D eigenvalue weighted by Gasteiger charge is 2.11. The number of hydrogen-bond acceptors (Lipinski definition) is 4. The SMILES string of the molecule is CCc1cn[nH]c1NC(=O)c1cncc(Cl)n1. The summed E-state index contributed by atoms with van der Waals surface area (Å²) in [5.74, 6) is 0.193. The number of halogens is 1. The molecule has 0 aliphatic heterocycles. The van der Waals surface area contributed by atoms with E-state index in [0.717, 1.165) is 12.0 Å². The van der Waals surface area contributed by atoms with E-state index in [1.54, 1.807) is 6.20 Å². The van der Waals surface area contributed by atoms with Crippen molar-refractivity contribution >= 4 is 23.3 Å². The fraction of sp³-hybridized carbons (Fsp3) is 0.200. The second kappa shape index (κ2) is 4.92. The molecule has 0 spiro atoms. The quantitative estimate of drug-likeness (QED) is 0.869. The number of nitrogens with one attached hydrogen (secondary N) is 2. The fourth-order valence-electron chi connectivity index (χ4n) is 1.32. The third kappa shape index (κ3) is 2.59. The lowest BCUT2D eigenvalue weighted by Gasteiger charge is -2.03. The molecule has 1 amide bonds. The van der Waals surface area contributed by atoms with Crippen molar-refractivity contribution in [3.63, 3.8) is 0 Å². The molecule has 0 unspecified atom stereocenters. The first-order valence-corrected chi connectivity index (χ1v) is 5.39. The van der Waals surface area contributed by atoms with Crippen molar-refractivity contribution in [2.75, 3.05) is 5.32 Å². The van der Waals surface area contributed by atoms with Gasteiger partial charge in [-0.1, -0.05) is 18.5 Å². The average Bonchev–Trinajstić information content (AvgIpc) is 2.76. The van der Waals surface area contributed by atoms with Gasteiger partial charge < -0.3 is 5.32 Å². The van der Waals surface area contributed by atoms with E-state index in [4.69, 9.17) is 11.6 Å². The highest BCUT2D eigenvalue weighted by molar-refractivity contribution is 6.29. The lowest BCUT2D eigenvalue weighted by atomic mass is 10.2. The molecule has 0 aromatic carbocycles. The molecule has 0 bridgehead atoms. The van der Waals surface area contributed by atoms with Crippen LogP contribution in [0.5, 0.6) is 0 Å². The molecular formula is C10H10ClN5O. The van der Waals surface area contributed by atoms with Crippen molar-refractivity contribution in [3.05, 3.63) is 35.0 Å². The molecule has 6 nitrogen and oxygen atoms in total. The number of aromatic nitrogens is 4. The van der Waals surface area contributed by atoms with Gasteiger partial charge in [-0.25, -0.2) is 4.98 Å². The minimum atomic E-state index is -0.376. The molecule has 0 atom stereocenters. The fourth-order valence-corrected chi connectivity index (χ4v) is 1.46. The number of H-pyrrole nitrogens is 1. The molecule has 0 radical (unpaired) electrons. The van der Waals surface area contributed by atoms with Gasteiger partial charge in [-0.2, -0.15) is 5.10 Å². The van der Waals surface area contributed by atoms with E-state index in [1.165, 1.54) is 12.4 Å². The maximum atomic E-state index is 11.8. The number of carbonyl (C=O) groups is 1. The third-order valence-electron chi connectivity index (χ3n) is 2.18. The Morgan fingerprint density at radius 2 is 2.29 bits per heavy atom. The van der Waals surface area contributed by atoms with Gasteiger partial charge in [0.1, 0.15) is 16.7 Å². The standard InChI is InChI=1S/C10H10ClN5O/c1-2-6-3-13-16-9(6)15-10(17)7-4-12-5-8(11)14-7/h3-5H,2H2,1H3,(H2,13,15,16,17). The summed E-state index contributed by atoms with van der Waals surface area (Å²) in [4.78, 5) is 19.5. The van der Waals surface area contributed by atoms with E-state index < -0.39 is 0 Å². The molecular weight excluding hydrogens is 242 g/mol. The van der Waals surface area contributed by atoms with Gasteiger partial charge in [0.2, 0.25) is 0 Å². The number of aromatic amines is 1. The Labute approximate surface area is 102 Å². The predicted molar refractivity (Wildman–Crippen MR) is 63.0 cm³/mol. The number of nitrogens with zero attached hydrogens (tertiary/aromatic N) is 3. The number of rotatable bonds is 3. The lowest BCUT2D eigenvalue weighted by molar-refractivity contribution is 0.102. The number of aryl methyl sites for hydroxylation is 1. The number of amides is 1. The first-order valence-electron chi connectivity index (χ1n) is 5.02. The van der Waals surface area contributed by atoms with Crippen LogP contribution in [0.15, 0.2) is 18.6 Å². The lowest BCUT2D eigenvalue weighted by Crippen LogP contribution is -2.15. The minimum absolute atomic E-state index is 0.161. The van der Waals surface area contributed by atoms with Crippen molar-refractivity contribution < 1.29 is 4.79 Å². The minimum Gasteiger partial charge on any atom is -0.305 e. The molecule has 2 aromatic heterocycles. The summed E-state index contributed by atoms with van der Waals surface area (Å²) in [6.07, 6.45) is 5.15. The zero-order chi connectivity index (χ0) is 12.3. The first kappa shape index (κ1) is 11.5. The summed E-state index contributed by atoms with van der Waals surface area (Å²) in [5, 5.41) is 9.41. The number of anilines is 1. The van der Waals surface area contributed by atoms with Crippen LogP contribution < -0.4 is 5.32 Å². The zero-order valence-corrected chi connectivity index (χ0v) is 9.82. The van der Waals surface area contributed by atoms with Crippen LogP contribution in [0.2, 0.25) is 5.15 Å². The largest absolute Gasteiger partial charge is 0.305 e. The van der Waals surface area contributed by atoms with Crippen LogP contribution in [0.3, 0.4) is 0 Å². The summed E-state index contributed by atoms with van der Waals surface area (Å²) in [5.41, 5.74) is 1.09. The Morgan fingerprint density at radius 1 is 1.47 bits per heavy atom. The molecule has 17 heavy (non-hydrogen) atoms. The molecule has 2 aromatic rings. The van der Waals surface area contributed by atoms with E-state index >= 15 is 0 Å². The van der Waals surface area contributed by atoms with E-state index in [1.807, 2.05) is 6.92 Å². The van der Waals surface area contributed by atoms with Gasteiger partial charge in [-0.05, 0) is 6.42 Å². The first-order chi connectivity index (χ1) is 8.20. The van der Waals surface area contributed by atoms with Crippen molar-refractivity contribution in [2.24, 2.45) is 0 Å². The van der Waals surface area contributed by atoms with Crippen molar-refractivity contribution in [2.45, 2.75) is 13.3 Å². The van der Waals surface area contributed by atoms with Crippen LogP contribution in [-0.4, -0.2) is 26.1 Å². The summed E-state index contributed by atoms with van der Waals surface area (Å²) in [6, 6.07) is 0. The van der Waals surface area contributed by atoms with Gasteiger partial charge >= 0.3 is 0 Å². The van der Waals surface area contributed by atoms with Crippen LogP contribution in [-0.2, 0) is 6.42 Å². The topological polar surface area (TPSA) is 83.6 Å². The van der Waals surface area contributed by atoms with Crippen molar-refractivity contribution in [1.29, 1.82) is 0 Å². The Kier molecular flexibility index (Phi) is 3.34. The molecule has 7 heteroatoms. The second-order valence-corrected chi connectivity index (χ2v) is 3.69. The van der Waals surface area contributed by atoms with Gasteiger partial charge in [-0.3, -0.25) is 14.9 Å². The smallest absolute Gasteiger partial charge is 0.277 e. The van der Waals surface area contributed by atoms with Crippen LogP contribution in [0.1, 0.15) is 23.0 Å². The third-order valence-corrected chi connectivity index (χ3v) is 2.36. The maximum Gasteiger partial charge on any atom is 0.277 e. The molecule has 0 fully saturated rings. The highest BCUT2D eigenvalue weighted by atomic mass is 35.5. The number of carbonyl (C=O) groups excluding carboxylic acids is 1. The van der Waals surface area contributed by atoms with Crippen molar-refractivity contribution in [1.82, 2.24) is 20.2 Å². The summed E-state index contributed by atoms with van der Waals surface area (Å²) >= 11 is 5.66. The normalized spacial score (nSPS) is 10.2. The Bertz CT molecular complexity index is 539. The van der Waals surface area contributed by atoms with Crippen LogP contribution in [0.4, 0.5) is 5.82 Å². The molecule has 2 rings (SSSR count). The van der Waals surface area contributed by atoms with Gasteiger partial charge in [0, 0.05) is 5.56 Å². The van der Waals surface area contributed by atoms with Crippen LogP contribution >= 0.6 is 11.6 Å². The molecule has 2 heterocycles. The number of hydrogen-bond donors (Lipinski definition) is 2. The maximum absolute atomic E-state index is 11.8. The summed E-state index contributed by atoms with van der Waals surface area (Å²) < 4.78 is 0. The molecule has 0 aliphatic carbocycles. The van der Waals surface area contributed by atoms with E-state index in [-0.39, 0.29) is 16.8 Å². The molecule has 88 valence electrons. The van der Waals surface area contributed by atoms with Crippen molar-refractivity contribution in [3.8, 4) is 0 Å². The molecule has 0 aliphatic rings. The summed E-state index contributed by atoms with van der Waals surface area (Å²) in [7, 11) is 0. The molecule has 0 saturated heterocycles. The van der Waals surface area contributed by atoms with Crippen LogP contribution in [0, 0.1) is 0 Å². The van der Waals surface area contributed by atoms with Gasteiger partial charge in [0.15, 0.2) is 0 Å². The summed E-state index contributed by atoms with van der Waals surface area (Å²) in [6.45, 7) is 1.97. The Morgan fingerprint density at radius 3 is 3.00 bits per heavy atom. The highest BCUT2D eigenvalue weighted by Crippen LogP contribution is 2.12. The average molecular weight is 252 g/mol. The Hall–Kier alpha value is -1.95. The Balaban J connectivity index is 2.17. The van der Waals surface area contributed by atoms with Gasteiger partial charge in [0.05, 0.1) is 18.6 Å². The predicted octanol–water partition coefficient (Wildman–Crippen LogP) is 1.67. The molecule has 0 saturated carbocycles. The zero-order valence-electron chi connectivity index (χ0n) is 9.07. The van der Waals surface area contributed by atoms with Gasteiger partial charge in [-0.15, -0.1) is 0 Å².